The van der Waals surface area contributed by atoms with Gasteiger partial charge in [0.25, 0.3) is 0 Å². The first-order valence-corrected chi connectivity index (χ1v) is 6.28. The van der Waals surface area contributed by atoms with Gasteiger partial charge >= 0.3 is 5.97 Å². The van der Waals surface area contributed by atoms with Gasteiger partial charge in [-0.25, -0.2) is 4.79 Å². The first-order chi connectivity index (χ1) is 9.08. The number of nitrogens with one attached hydrogen (secondary N) is 1. The largest absolute Gasteiger partial charge is 0.462 e. The molecule has 1 N–H and O–H groups in total. The second kappa shape index (κ2) is 7.67. The third-order valence-electron chi connectivity index (χ3n) is 2.17. The Balaban J connectivity index is 2.66. The summed E-state index contributed by atoms with van der Waals surface area (Å²) in [5, 5.41) is 12.7. The van der Waals surface area contributed by atoms with E-state index in [0.717, 1.165) is 5.56 Å². The maximum Gasteiger partial charge on any atom is 0.350 e. The van der Waals surface area contributed by atoms with Crippen LogP contribution in [0, 0.1) is 11.3 Å². The molecule has 0 saturated carbocycles. The topological polar surface area (TPSA) is 62.1 Å². The maximum atomic E-state index is 11.3. The smallest absolute Gasteiger partial charge is 0.350 e. The zero-order valence-corrected chi connectivity index (χ0v) is 11.8. The van der Waals surface area contributed by atoms with Crippen LogP contribution in [0.25, 0.3) is 0 Å². The van der Waals surface area contributed by atoms with E-state index in [1.165, 1.54) is 6.20 Å². The molecule has 0 aliphatic heterocycles. The first kappa shape index (κ1) is 15.4. The summed E-state index contributed by atoms with van der Waals surface area (Å²) in [5.41, 5.74) is 0.718. The van der Waals surface area contributed by atoms with Crippen molar-refractivity contribution in [3.05, 3.63) is 45.6 Å². The molecule has 0 heterocycles. The van der Waals surface area contributed by atoms with E-state index in [9.17, 15) is 4.79 Å². The van der Waals surface area contributed by atoms with Crippen LogP contribution in [0.2, 0.25) is 10.0 Å². The van der Waals surface area contributed by atoms with Crippen LogP contribution >= 0.6 is 23.2 Å². The zero-order chi connectivity index (χ0) is 14.3. The highest BCUT2D eigenvalue weighted by molar-refractivity contribution is 6.35. The monoisotopic (exact) mass is 298 g/mol. The molecule has 100 valence electrons. The Morgan fingerprint density at radius 3 is 2.84 bits per heavy atom. The molecule has 1 aromatic carbocycles. The Kier molecular flexibility index (Phi) is 6.20. The lowest BCUT2D eigenvalue weighted by Crippen LogP contribution is -2.12. The molecule has 0 saturated heterocycles. The number of nitriles is 1. The standard InChI is InChI=1S/C13H12Cl2N2O2/c1-2-19-13(18)10(6-16)8-17-7-9-3-4-11(14)5-12(9)15/h3-5,8,17H,2,7H2,1H3/b10-8-. The molecule has 0 aliphatic carbocycles. The maximum absolute atomic E-state index is 11.3. The lowest BCUT2D eigenvalue weighted by atomic mass is 10.2. The zero-order valence-electron chi connectivity index (χ0n) is 10.2. The summed E-state index contributed by atoms with van der Waals surface area (Å²) in [6, 6.07) is 6.87. The Morgan fingerprint density at radius 1 is 1.53 bits per heavy atom. The molecule has 0 fully saturated rings. The van der Waals surface area contributed by atoms with Crippen LogP contribution in [-0.2, 0) is 16.1 Å². The molecule has 0 atom stereocenters. The van der Waals surface area contributed by atoms with Gasteiger partial charge in [-0.15, -0.1) is 0 Å². The van der Waals surface area contributed by atoms with Crippen molar-refractivity contribution >= 4 is 29.2 Å². The lowest BCUT2D eigenvalue weighted by molar-refractivity contribution is -0.138. The van der Waals surface area contributed by atoms with Crippen LogP contribution in [0.5, 0.6) is 0 Å². The minimum Gasteiger partial charge on any atom is -0.462 e. The average Bonchev–Trinajstić information content (AvgIpc) is 2.37. The predicted molar refractivity (Wildman–Crippen MR) is 73.6 cm³/mol. The molecule has 1 aromatic rings. The second-order valence-corrected chi connectivity index (χ2v) is 4.35. The van der Waals surface area contributed by atoms with E-state index in [0.29, 0.717) is 16.6 Å². The normalized spacial score (nSPS) is 10.7. The van der Waals surface area contributed by atoms with Gasteiger partial charge in [-0.05, 0) is 24.6 Å². The molecule has 19 heavy (non-hydrogen) atoms. The molecule has 6 heteroatoms. The van der Waals surface area contributed by atoms with Crippen LogP contribution in [0.3, 0.4) is 0 Å². The number of carbonyl (C=O) groups excluding carboxylic acids is 1. The van der Waals surface area contributed by atoms with E-state index in [1.54, 1.807) is 31.2 Å². The van der Waals surface area contributed by atoms with E-state index in [1.807, 2.05) is 0 Å². The highest BCUT2D eigenvalue weighted by Gasteiger charge is 2.09. The number of carbonyl (C=O) groups is 1. The number of ether oxygens (including phenoxy) is 1. The lowest BCUT2D eigenvalue weighted by Gasteiger charge is -2.05. The quantitative estimate of drug-likeness (QED) is 0.515. The molecule has 0 radical (unpaired) electrons. The van der Waals surface area contributed by atoms with Crippen LogP contribution in [-0.4, -0.2) is 12.6 Å². The fourth-order valence-corrected chi connectivity index (χ4v) is 1.75. The first-order valence-electron chi connectivity index (χ1n) is 5.53. The molecule has 1 rings (SSSR count). The summed E-state index contributed by atoms with van der Waals surface area (Å²) in [6.45, 7) is 2.27. The minimum atomic E-state index is -0.653. The second-order valence-electron chi connectivity index (χ2n) is 3.51. The van der Waals surface area contributed by atoms with Crippen molar-refractivity contribution in [3.63, 3.8) is 0 Å². The van der Waals surface area contributed by atoms with Crippen LogP contribution < -0.4 is 5.32 Å². The summed E-state index contributed by atoms with van der Waals surface area (Å²) < 4.78 is 4.72. The van der Waals surface area contributed by atoms with E-state index < -0.39 is 5.97 Å². The summed E-state index contributed by atoms with van der Waals surface area (Å²) in [4.78, 5) is 11.3. The van der Waals surface area contributed by atoms with Gasteiger partial charge in [0.15, 0.2) is 5.57 Å². The molecule has 0 bridgehead atoms. The highest BCUT2D eigenvalue weighted by Crippen LogP contribution is 2.20. The Bertz CT molecular complexity index is 536. The Labute approximate surface area is 121 Å². The number of rotatable bonds is 5. The number of nitrogens with zero attached hydrogens (tertiary/aromatic N) is 1. The molecule has 0 unspecified atom stereocenters. The molecular formula is C13H12Cl2N2O2. The average molecular weight is 299 g/mol. The third kappa shape index (κ3) is 4.82. The number of hydrogen-bond donors (Lipinski definition) is 1. The number of esters is 1. The van der Waals surface area contributed by atoms with Gasteiger partial charge in [-0.2, -0.15) is 5.26 Å². The predicted octanol–water partition coefficient (Wildman–Crippen LogP) is 3.05. The van der Waals surface area contributed by atoms with Crippen LogP contribution in [0.15, 0.2) is 30.0 Å². The van der Waals surface area contributed by atoms with Crippen molar-refractivity contribution in [3.8, 4) is 6.07 Å². The number of benzene rings is 1. The van der Waals surface area contributed by atoms with Gasteiger partial charge in [-0.3, -0.25) is 0 Å². The van der Waals surface area contributed by atoms with Crippen molar-refractivity contribution in [2.45, 2.75) is 13.5 Å². The van der Waals surface area contributed by atoms with E-state index in [2.05, 4.69) is 5.32 Å². The molecular weight excluding hydrogens is 287 g/mol. The van der Waals surface area contributed by atoms with Crippen molar-refractivity contribution in [2.24, 2.45) is 0 Å². The van der Waals surface area contributed by atoms with Gasteiger partial charge in [-0.1, -0.05) is 29.3 Å². The molecule has 0 aromatic heterocycles. The third-order valence-corrected chi connectivity index (χ3v) is 2.76. The van der Waals surface area contributed by atoms with Crippen molar-refractivity contribution in [2.75, 3.05) is 6.61 Å². The van der Waals surface area contributed by atoms with Crippen molar-refractivity contribution in [1.82, 2.24) is 5.32 Å². The minimum absolute atomic E-state index is 0.0908. The Morgan fingerprint density at radius 2 is 2.26 bits per heavy atom. The summed E-state index contributed by atoms with van der Waals surface area (Å²) in [7, 11) is 0. The number of halogens is 2. The number of hydrogen-bond acceptors (Lipinski definition) is 4. The molecule has 0 amide bonds. The fourth-order valence-electron chi connectivity index (χ4n) is 1.27. The van der Waals surface area contributed by atoms with Gasteiger partial charge in [0, 0.05) is 22.8 Å². The van der Waals surface area contributed by atoms with Gasteiger partial charge in [0.2, 0.25) is 0 Å². The summed E-state index contributed by atoms with van der Waals surface area (Å²) in [5.74, 6) is -0.653. The molecule has 0 aliphatic rings. The van der Waals surface area contributed by atoms with Gasteiger partial charge in [0.05, 0.1) is 6.61 Å². The van der Waals surface area contributed by atoms with E-state index >= 15 is 0 Å². The Hall–Kier alpha value is -1.70. The van der Waals surface area contributed by atoms with E-state index in [-0.39, 0.29) is 12.2 Å². The van der Waals surface area contributed by atoms with Crippen LogP contribution in [0.1, 0.15) is 12.5 Å². The van der Waals surface area contributed by atoms with E-state index in [4.69, 9.17) is 33.2 Å². The summed E-state index contributed by atoms with van der Waals surface area (Å²) >= 11 is 11.8. The summed E-state index contributed by atoms with van der Waals surface area (Å²) in [6.07, 6.45) is 1.31. The highest BCUT2D eigenvalue weighted by atomic mass is 35.5. The van der Waals surface area contributed by atoms with Crippen molar-refractivity contribution < 1.29 is 9.53 Å². The molecule has 0 spiro atoms. The van der Waals surface area contributed by atoms with Crippen LogP contribution in [0.4, 0.5) is 0 Å². The fraction of sp³-hybridized carbons (Fsp3) is 0.231. The van der Waals surface area contributed by atoms with Crippen molar-refractivity contribution in [1.29, 1.82) is 5.26 Å². The molecule has 4 nitrogen and oxygen atoms in total. The SMILES string of the molecule is CCOC(=O)/C(C#N)=C\NCc1ccc(Cl)cc1Cl. The van der Waals surface area contributed by atoms with Gasteiger partial charge in [0.1, 0.15) is 6.07 Å². The van der Waals surface area contributed by atoms with Gasteiger partial charge < -0.3 is 10.1 Å².